The Kier molecular flexibility index (Phi) is 12.9. The van der Waals surface area contributed by atoms with Gasteiger partial charge in [-0.3, -0.25) is 0 Å². The van der Waals surface area contributed by atoms with E-state index in [0.717, 1.165) is 0 Å². The maximum atomic E-state index is 5.04. The van der Waals surface area contributed by atoms with Crippen LogP contribution in [0.3, 0.4) is 0 Å². The third-order valence-corrected chi connectivity index (χ3v) is 1.34. The van der Waals surface area contributed by atoms with Gasteiger partial charge >= 0.3 is 49.6 Å². The first-order chi connectivity index (χ1) is 5.35. The molecule has 0 aliphatic heterocycles. The number of hydrogen-bond acceptors (Lipinski definition) is 1. The van der Waals surface area contributed by atoms with Crippen LogP contribution < -0.4 is 0 Å². The van der Waals surface area contributed by atoms with Crippen LogP contribution >= 0.6 is 35.7 Å². The van der Waals surface area contributed by atoms with Gasteiger partial charge in [0.2, 0.25) is 0 Å². The summed E-state index contributed by atoms with van der Waals surface area (Å²) >= 11 is -3.29. The summed E-state index contributed by atoms with van der Waals surface area (Å²) in [5, 5.41) is 0. The zero-order valence-electron chi connectivity index (χ0n) is 7.58. The Morgan fingerprint density at radius 1 is 0.833 bits per heavy atom. The van der Waals surface area contributed by atoms with E-state index in [2.05, 4.69) is 25.7 Å². The van der Waals surface area contributed by atoms with Gasteiger partial charge in [-0.25, -0.2) is 0 Å². The molecule has 0 heterocycles. The molecule has 0 aromatic carbocycles. The fraction of sp³-hybridized carbons (Fsp3) is 1.00. The normalized spacial score (nSPS) is 11.0. The third kappa shape index (κ3) is 22.7. The molecule has 0 radical (unpaired) electrons. The van der Waals surface area contributed by atoms with Crippen molar-refractivity contribution in [3.63, 3.8) is 0 Å². The van der Waals surface area contributed by atoms with Crippen LogP contribution in [0.15, 0.2) is 0 Å². The number of rotatable bonds is 3. The summed E-state index contributed by atoms with van der Waals surface area (Å²) in [6.07, 6.45) is 0. The first-order valence-corrected chi connectivity index (χ1v) is 18.3. The van der Waals surface area contributed by atoms with Gasteiger partial charge in [0, 0.05) is 0 Å². The summed E-state index contributed by atoms with van der Waals surface area (Å²) in [6, 6.07) is 0. The molecule has 0 unspecified atom stereocenters. The van der Waals surface area contributed by atoms with Crippen molar-refractivity contribution in [2.75, 3.05) is 19.6 Å². The zero-order valence-corrected chi connectivity index (χ0v) is 13.5. The van der Waals surface area contributed by atoms with Crippen molar-refractivity contribution in [1.82, 2.24) is 4.90 Å². The van der Waals surface area contributed by atoms with Crippen LogP contribution in [0.5, 0.6) is 0 Å². The molecular weight excluding hydrogens is 347 g/mol. The maximum absolute atomic E-state index is 5.04. The van der Waals surface area contributed by atoms with Crippen molar-refractivity contribution in [2.45, 2.75) is 20.8 Å². The van der Waals surface area contributed by atoms with E-state index in [1.54, 1.807) is 0 Å². The summed E-state index contributed by atoms with van der Waals surface area (Å²) in [5.74, 6) is 0. The topological polar surface area (TPSA) is 3.24 Å². The average Bonchev–Trinajstić information content (AvgIpc) is 1.88. The number of halogens is 4. The van der Waals surface area contributed by atoms with Gasteiger partial charge in [0.1, 0.15) is 0 Å². The molecule has 0 spiro atoms. The second-order valence-electron chi connectivity index (χ2n) is 2.05. The molecule has 0 fully saturated rings. The predicted octanol–water partition coefficient (Wildman–Crippen LogP) is 3.73. The van der Waals surface area contributed by atoms with E-state index in [9.17, 15) is 0 Å². The molecular formula is C6H15Cl4NSn. The molecule has 76 valence electrons. The average molecular weight is 362 g/mol. The Labute approximate surface area is 94.0 Å². The summed E-state index contributed by atoms with van der Waals surface area (Å²) in [7, 11) is 20.1. The van der Waals surface area contributed by atoms with Gasteiger partial charge < -0.3 is 4.90 Å². The minimum absolute atomic E-state index is 1.19. The van der Waals surface area contributed by atoms with Crippen LogP contribution in [-0.4, -0.2) is 38.4 Å². The van der Waals surface area contributed by atoms with Crippen molar-refractivity contribution < 1.29 is 0 Å². The molecule has 12 heavy (non-hydrogen) atoms. The van der Waals surface area contributed by atoms with E-state index in [0.29, 0.717) is 0 Å². The van der Waals surface area contributed by atoms with Crippen LogP contribution in [0.2, 0.25) is 0 Å². The van der Waals surface area contributed by atoms with Crippen LogP contribution in [0.25, 0.3) is 0 Å². The van der Waals surface area contributed by atoms with Crippen molar-refractivity contribution in [3.8, 4) is 0 Å². The van der Waals surface area contributed by atoms with Gasteiger partial charge in [-0.05, 0) is 19.6 Å². The Balaban J connectivity index is 0. The summed E-state index contributed by atoms with van der Waals surface area (Å²) in [4.78, 5) is 2.38. The van der Waals surface area contributed by atoms with Gasteiger partial charge in [0.15, 0.2) is 0 Å². The second-order valence-corrected chi connectivity index (χ2v) is 27.5. The van der Waals surface area contributed by atoms with Crippen LogP contribution in [0.1, 0.15) is 20.8 Å². The van der Waals surface area contributed by atoms with E-state index in [1.165, 1.54) is 19.6 Å². The van der Waals surface area contributed by atoms with Crippen molar-refractivity contribution >= 4 is 49.6 Å². The van der Waals surface area contributed by atoms with E-state index < -0.39 is 13.9 Å². The minimum atomic E-state index is -3.29. The molecule has 0 bridgehead atoms. The van der Waals surface area contributed by atoms with E-state index in [1.807, 2.05) is 0 Å². The van der Waals surface area contributed by atoms with E-state index >= 15 is 0 Å². The summed E-state index contributed by atoms with van der Waals surface area (Å²) in [5.41, 5.74) is 0. The van der Waals surface area contributed by atoms with Gasteiger partial charge in [-0.15, -0.1) is 0 Å². The fourth-order valence-electron chi connectivity index (χ4n) is 0.671. The van der Waals surface area contributed by atoms with Gasteiger partial charge in [0.05, 0.1) is 0 Å². The molecule has 0 rings (SSSR count). The van der Waals surface area contributed by atoms with E-state index in [-0.39, 0.29) is 0 Å². The Morgan fingerprint density at radius 2 is 1.00 bits per heavy atom. The first-order valence-electron chi connectivity index (χ1n) is 3.83. The van der Waals surface area contributed by atoms with Crippen molar-refractivity contribution in [2.24, 2.45) is 0 Å². The molecule has 0 saturated carbocycles. The molecule has 6 heteroatoms. The standard InChI is InChI=1S/C6H15N.4ClH.Sn/c1-4-7(5-2)6-3;;;;;/h4-6H2,1-3H3;4*1H;/q;;;;;+4/p-4. The van der Waals surface area contributed by atoms with Gasteiger partial charge in [-0.1, -0.05) is 20.8 Å². The monoisotopic (exact) mass is 361 g/mol. The Hall–Kier alpha value is 1.92. The molecule has 0 N–H and O–H groups in total. The van der Waals surface area contributed by atoms with Gasteiger partial charge in [0.25, 0.3) is 0 Å². The molecule has 0 aliphatic carbocycles. The van der Waals surface area contributed by atoms with Crippen molar-refractivity contribution in [3.05, 3.63) is 0 Å². The second kappa shape index (κ2) is 9.47. The third-order valence-electron chi connectivity index (χ3n) is 1.34. The SMILES string of the molecule is CCN(CC)CC.[Cl][Sn]([Cl])([Cl])[Cl]. The number of nitrogens with zero attached hydrogens (tertiary/aromatic N) is 1. The quantitative estimate of drug-likeness (QED) is 0.692. The summed E-state index contributed by atoms with van der Waals surface area (Å²) in [6.45, 7) is 10.1. The zero-order chi connectivity index (χ0) is 10.2. The van der Waals surface area contributed by atoms with E-state index in [4.69, 9.17) is 35.7 Å². The molecule has 0 aliphatic rings. The molecule has 0 aromatic heterocycles. The van der Waals surface area contributed by atoms with Crippen LogP contribution in [-0.2, 0) is 0 Å². The number of hydrogen-bond donors (Lipinski definition) is 0. The summed E-state index contributed by atoms with van der Waals surface area (Å²) < 4.78 is 0. The predicted molar refractivity (Wildman–Crippen MR) is 62.6 cm³/mol. The molecule has 1 nitrogen and oxygen atoms in total. The first kappa shape index (κ1) is 16.4. The fourth-order valence-corrected chi connectivity index (χ4v) is 0.671. The Bertz CT molecular complexity index is 80.5. The van der Waals surface area contributed by atoms with Crippen LogP contribution in [0, 0.1) is 0 Å². The van der Waals surface area contributed by atoms with Crippen molar-refractivity contribution in [1.29, 1.82) is 0 Å². The van der Waals surface area contributed by atoms with Crippen LogP contribution in [0.4, 0.5) is 0 Å². The van der Waals surface area contributed by atoms with Gasteiger partial charge in [-0.2, -0.15) is 0 Å². The molecule has 0 saturated heterocycles. The Morgan fingerprint density at radius 3 is 1.00 bits per heavy atom. The molecule has 0 amide bonds. The molecule has 0 atom stereocenters. The molecule has 0 aromatic rings.